The van der Waals surface area contributed by atoms with Gasteiger partial charge in [0.25, 0.3) is 0 Å². The highest BCUT2D eigenvalue weighted by atomic mass is 35.5. The minimum Gasteiger partial charge on any atom is -0.324 e. The summed E-state index contributed by atoms with van der Waals surface area (Å²) in [7, 11) is 0. The molecule has 0 bridgehead atoms. The minimum absolute atomic E-state index is 0.0536. The predicted octanol–water partition coefficient (Wildman–Crippen LogP) is 5.12. The second-order valence-electron chi connectivity index (χ2n) is 5.66. The molecule has 2 aromatic heterocycles. The van der Waals surface area contributed by atoms with Crippen LogP contribution in [-0.2, 0) is 0 Å². The topological polar surface area (TPSA) is 45.2 Å². The molecule has 4 nitrogen and oxygen atoms in total. The maximum absolute atomic E-state index is 13.4. The first kappa shape index (κ1) is 17.1. The molecule has 0 radical (unpaired) electrons. The van der Waals surface area contributed by atoms with Crippen LogP contribution >= 0.6 is 22.9 Å². The van der Waals surface area contributed by atoms with Crippen molar-refractivity contribution < 1.29 is 13.6 Å². The minimum atomic E-state index is -2.68. The Balaban J connectivity index is 1.62. The molecule has 1 saturated heterocycles. The van der Waals surface area contributed by atoms with Crippen LogP contribution in [0.1, 0.15) is 19.3 Å². The van der Waals surface area contributed by atoms with Crippen molar-refractivity contribution in [2.75, 3.05) is 18.4 Å². The number of carbonyl (C=O) groups excluding carboxylic acids is 1. The average molecular weight is 372 g/mol. The molecule has 0 saturated carbocycles. The fraction of sp³-hybridized carbons (Fsp3) is 0.375. The Morgan fingerprint density at radius 3 is 2.75 bits per heavy atom. The van der Waals surface area contributed by atoms with E-state index in [1.165, 1.54) is 16.2 Å². The van der Waals surface area contributed by atoms with Gasteiger partial charge in [0.1, 0.15) is 0 Å². The summed E-state index contributed by atoms with van der Waals surface area (Å²) in [6.07, 6.45) is 1.39. The highest BCUT2D eigenvalue weighted by Crippen LogP contribution is 2.30. The van der Waals surface area contributed by atoms with Crippen molar-refractivity contribution in [1.82, 2.24) is 9.88 Å². The standard InChI is InChI=1S/C16H16ClF2N3OS/c17-14-5-4-13(24-14)12-3-2-11(10-20-12)21-15(23)22-8-1-6-16(18,19)7-9-22/h2-5,10H,1,6-9H2,(H,21,23). The van der Waals surface area contributed by atoms with E-state index < -0.39 is 5.92 Å². The lowest BCUT2D eigenvalue weighted by Gasteiger charge is -2.21. The Hall–Kier alpha value is -1.73. The fourth-order valence-corrected chi connectivity index (χ4v) is 3.55. The van der Waals surface area contributed by atoms with Crippen molar-refractivity contribution in [3.8, 4) is 10.6 Å². The molecule has 0 spiro atoms. The van der Waals surface area contributed by atoms with Crippen LogP contribution in [0, 0.1) is 0 Å². The number of nitrogens with zero attached hydrogens (tertiary/aromatic N) is 2. The molecule has 3 heterocycles. The smallest absolute Gasteiger partial charge is 0.321 e. The molecule has 1 fully saturated rings. The van der Waals surface area contributed by atoms with Gasteiger partial charge in [0, 0.05) is 25.9 Å². The normalized spacial score (nSPS) is 17.4. The molecular formula is C16H16ClF2N3OS. The molecular weight excluding hydrogens is 356 g/mol. The zero-order valence-electron chi connectivity index (χ0n) is 12.8. The largest absolute Gasteiger partial charge is 0.324 e. The predicted molar refractivity (Wildman–Crippen MR) is 91.9 cm³/mol. The van der Waals surface area contributed by atoms with E-state index in [0.717, 1.165) is 10.6 Å². The molecule has 8 heteroatoms. The second-order valence-corrected chi connectivity index (χ2v) is 7.38. The average Bonchev–Trinajstić information content (AvgIpc) is 2.88. The highest BCUT2D eigenvalue weighted by molar-refractivity contribution is 7.19. The third-order valence-corrected chi connectivity index (χ3v) is 5.10. The van der Waals surface area contributed by atoms with E-state index in [-0.39, 0.29) is 25.4 Å². The molecule has 2 amide bonds. The number of pyridine rings is 1. The van der Waals surface area contributed by atoms with Gasteiger partial charge in [-0.25, -0.2) is 13.6 Å². The Bertz CT molecular complexity index is 720. The van der Waals surface area contributed by atoms with Gasteiger partial charge in [0.05, 0.1) is 26.8 Å². The number of rotatable bonds is 2. The Kier molecular flexibility index (Phi) is 5.01. The van der Waals surface area contributed by atoms with Crippen LogP contribution in [0.3, 0.4) is 0 Å². The van der Waals surface area contributed by atoms with Crippen LogP contribution in [0.4, 0.5) is 19.3 Å². The van der Waals surface area contributed by atoms with E-state index in [4.69, 9.17) is 11.6 Å². The van der Waals surface area contributed by atoms with Crippen molar-refractivity contribution in [2.45, 2.75) is 25.2 Å². The number of likely N-dealkylation sites (tertiary alicyclic amines) is 1. The first-order chi connectivity index (χ1) is 11.4. The van der Waals surface area contributed by atoms with Crippen LogP contribution in [-0.4, -0.2) is 34.9 Å². The van der Waals surface area contributed by atoms with Crippen LogP contribution in [0.2, 0.25) is 4.34 Å². The summed E-state index contributed by atoms with van der Waals surface area (Å²) in [5, 5.41) is 2.71. The zero-order valence-corrected chi connectivity index (χ0v) is 14.3. The number of alkyl halides is 2. The maximum atomic E-state index is 13.4. The molecule has 0 aliphatic carbocycles. The lowest BCUT2D eigenvalue weighted by molar-refractivity contribution is -0.0121. The van der Waals surface area contributed by atoms with Crippen LogP contribution in [0.15, 0.2) is 30.5 Å². The first-order valence-corrected chi connectivity index (χ1v) is 8.78. The van der Waals surface area contributed by atoms with E-state index in [1.54, 1.807) is 24.4 Å². The highest BCUT2D eigenvalue weighted by Gasteiger charge is 2.33. The maximum Gasteiger partial charge on any atom is 0.321 e. The molecule has 0 aromatic carbocycles. The summed E-state index contributed by atoms with van der Waals surface area (Å²) in [4.78, 5) is 18.9. The van der Waals surface area contributed by atoms with E-state index in [9.17, 15) is 13.6 Å². The van der Waals surface area contributed by atoms with Crippen molar-refractivity contribution in [2.24, 2.45) is 0 Å². The van der Waals surface area contributed by atoms with Crippen molar-refractivity contribution in [1.29, 1.82) is 0 Å². The lowest BCUT2D eigenvalue weighted by Crippen LogP contribution is -2.36. The number of carbonyl (C=O) groups is 1. The van der Waals surface area contributed by atoms with Gasteiger partial charge < -0.3 is 10.2 Å². The van der Waals surface area contributed by atoms with Gasteiger partial charge in [-0.1, -0.05) is 11.6 Å². The fourth-order valence-electron chi connectivity index (χ4n) is 2.54. The Morgan fingerprint density at radius 2 is 2.08 bits per heavy atom. The number of anilines is 1. The molecule has 1 N–H and O–H groups in total. The number of amides is 2. The molecule has 0 atom stereocenters. The lowest BCUT2D eigenvalue weighted by atomic mass is 10.1. The quantitative estimate of drug-likeness (QED) is 0.796. The number of nitrogens with one attached hydrogen (secondary N) is 1. The second kappa shape index (κ2) is 7.03. The number of thiophene rings is 1. The monoisotopic (exact) mass is 371 g/mol. The Morgan fingerprint density at radius 1 is 1.25 bits per heavy atom. The third kappa shape index (κ3) is 4.21. The molecule has 1 aliphatic rings. The molecule has 128 valence electrons. The van der Waals surface area contributed by atoms with Gasteiger partial charge >= 0.3 is 6.03 Å². The number of urea groups is 1. The van der Waals surface area contributed by atoms with Crippen molar-refractivity contribution in [3.63, 3.8) is 0 Å². The summed E-state index contributed by atoms with van der Waals surface area (Å²) in [5.41, 5.74) is 1.29. The summed E-state index contributed by atoms with van der Waals surface area (Å²) in [5.74, 6) is -2.68. The van der Waals surface area contributed by atoms with Gasteiger partial charge in [0.15, 0.2) is 0 Å². The molecule has 24 heavy (non-hydrogen) atoms. The molecule has 1 aliphatic heterocycles. The number of hydrogen-bond donors (Lipinski definition) is 1. The summed E-state index contributed by atoms with van der Waals surface area (Å²) >= 11 is 7.33. The summed E-state index contributed by atoms with van der Waals surface area (Å²) in [6, 6.07) is 6.83. The molecule has 3 rings (SSSR count). The van der Waals surface area contributed by atoms with Crippen LogP contribution in [0.5, 0.6) is 0 Å². The van der Waals surface area contributed by atoms with Crippen LogP contribution < -0.4 is 5.32 Å². The van der Waals surface area contributed by atoms with Gasteiger partial charge in [-0.15, -0.1) is 11.3 Å². The van der Waals surface area contributed by atoms with Gasteiger partial charge in [-0.2, -0.15) is 0 Å². The van der Waals surface area contributed by atoms with Crippen molar-refractivity contribution in [3.05, 3.63) is 34.8 Å². The van der Waals surface area contributed by atoms with Crippen LogP contribution in [0.25, 0.3) is 10.6 Å². The van der Waals surface area contributed by atoms with E-state index >= 15 is 0 Å². The summed E-state index contributed by atoms with van der Waals surface area (Å²) < 4.78 is 27.4. The van der Waals surface area contributed by atoms with E-state index in [0.29, 0.717) is 23.0 Å². The van der Waals surface area contributed by atoms with Gasteiger partial charge in [-0.05, 0) is 30.7 Å². The third-order valence-electron chi connectivity index (χ3n) is 3.85. The Labute approximate surface area is 147 Å². The van der Waals surface area contributed by atoms with E-state index in [2.05, 4.69) is 10.3 Å². The molecule has 2 aromatic rings. The number of hydrogen-bond acceptors (Lipinski definition) is 3. The van der Waals surface area contributed by atoms with E-state index in [1.807, 2.05) is 6.07 Å². The van der Waals surface area contributed by atoms with Gasteiger partial charge in [0.2, 0.25) is 5.92 Å². The number of halogens is 3. The first-order valence-electron chi connectivity index (χ1n) is 7.58. The van der Waals surface area contributed by atoms with Crippen molar-refractivity contribution >= 4 is 34.7 Å². The van der Waals surface area contributed by atoms with Gasteiger partial charge in [-0.3, -0.25) is 4.98 Å². The number of aromatic nitrogens is 1. The summed E-state index contributed by atoms with van der Waals surface area (Å²) in [6.45, 7) is 0.388. The zero-order chi connectivity index (χ0) is 17.2. The SMILES string of the molecule is O=C(Nc1ccc(-c2ccc(Cl)s2)nc1)N1CCCC(F)(F)CC1. The molecule has 0 unspecified atom stereocenters.